The maximum absolute atomic E-state index is 11.8. The quantitative estimate of drug-likeness (QED) is 0.752. The van der Waals surface area contributed by atoms with Gasteiger partial charge in [-0.15, -0.1) is 0 Å². The fourth-order valence-corrected chi connectivity index (χ4v) is 2.49. The lowest BCUT2D eigenvalue weighted by Gasteiger charge is -2.08. The summed E-state index contributed by atoms with van der Waals surface area (Å²) in [5.41, 5.74) is 4.31. The molecule has 1 aromatic heterocycles. The van der Waals surface area contributed by atoms with Crippen molar-refractivity contribution < 1.29 is 14.7 Å². The molecule has 0 atom stereocenters. The minimum absolute atomic E-state index is 0.227. The molecule has 0 unspecified atom stereocenters. The van der Waals surface area contributed by atoms with E-state index < -0.39 is 5.97 Å². The fraction of sp³-hybridized carbons (Fsp3) is 0.353. The zero-order chi connectivity index (χ0) is 17.7. The number of hydrogen-bond donors (Lipinski definition) is 3. The second-order valence-electron chi connectivity index (χ2n) is 5.63. The third-order valence-corrected chi connectivity index (χ3v) is 3.97. The molecule has 0 aliphatic carbocycles. The van der Waals surface area contributed by atoms with Crippen LogP contribution in [0.1, 0.15) is 32.9 Å². The van der Waals surface area contributed by atoms with E-state index in [9.17, 15) is 9.59 Å². The minimum atomic E-state index is -0.965. The van der Waals surface area contributed by atoms with E-state index in [-0.39, 0.29) is 11.6 Å². The largest absolute Gasteiger partial charge is 0.478 e. The summed E-state index contributed by atoms with van der Waals surface area (Å²) in [4.78, 5) is 22.6. The van der Waals surface area contributed by atoms with Gasteiger partial charge in [-0.1, -0.05) is 12.1 Å². The second-order valence-corrected chi connectivity index (χ2v) is 5.63. The van der Waals surface area contributed by atoms with Crippen molar-refractivity contribution in [3.8, 4) is 0 Å². The van der Waals surface area contributed by atoms with Gasteiger partial charge >= 0.3 is 12.0 Å². The molecule has 2 rings (SSSR count). The van der Waals surface area contributed by atoms with E-state index in [0.29, 0.717) is 13.1 Å². The number of nitrogens with zero attached hydrogens (tertiary/aromatic N) is 2. The molecule has 0 fully saturated rings. The molecule has 0 radical (unpaired) electrons. The van der Waals surface area contributed by atoms with Gasteiger partial charge < -0.3 is 15.7 Å². The lowest BCUT2D eigenvalue weighted by atomic mass is 10.1. The summed E-state index contributed by atoms with van der Waals surface area (Å²) in [6.07, 6.45) is 0.728. The molecule has 24 heavy (non-hydrogen) atoms. The predicted molar refractivity (Wildman–Crippen MR) is 90.0 cm³/mol. The number of amides is 2. The summed E-state index contributed by atoms with van der Waals surface area (Å²) in [5, 5.41) is 18.8. The van der Waals surface area contributed by atoms with Crippen molar-refractivity contribution in [2.45, 2.75) is 26.8 Å². The highest BCUT2D eigenvalue weighted by Crippen LogP contribution is 2.11. The first kappa shape index (κ1) is 17.5. The molecule has 0 aliphatic heterocycles. The van der Waals surface area contributed by atoms with Crippen LogP contribution in [0.3, 0.4) is 0 Å². The first-order valence-electron chi connectivity index (χ1n) is 7.71. The Kier molecular flexibility index (Phi) is 5.57. The molecule has 1 heterocycles. The van der Waals surface area contributed by atoms with E-state index >= 15 is 0 Å². The molecule has 7 heteroatoms. The molecular formula is C17H22N4O3. The topological polar surface area (TPSA) is 96.3 Å². The Bertz CT molecular complexity index is 735. The first-order chi connectivity index (χ1) is 11.4. The number of carbonyl (C=O) groups excluding carboxylic acids is 1. The zero-order valence-electron chi connectivity index (χ0n) is 14.1. The maximum Gasteiger partial charge on any atom is 0.335 e. The van der Waals surface area contributed by atoms with Crippen molar-refractivity contribution in [3.63, 3.8) is 0 Å². The highest BCUT2D eigenvalue weighted by molar-refractivity contribution is 5.87. The number of aromatic nitrogens is 2. The molecule has 0 saturated heterocycles. The Morgan fingerprint density at radius 2 is 1.83 bits per heavy atom. The minimum Gasteiger partial charge on any atom is -0.478 e. The van der Waals surface area contributed by atoms with Crippen LogP contribution in [-0.2, 0) is 20.0 Å². The number of aryl methyl sites for hydroxylation is 2. The fourth-order valence-electron chi connectivity index (χ4n) is 2.49. The Labute approximate surface area is 140 Å². The number of benzene rings is 1. The van der Waals surface area contributed by atoms with Gasteiger partial charge in [0, 0.05) is 25.8 Å². The van der Waals surface area contributed by atoms with Crippen LogP contribution in [0.4, 0.5) is 4.79 Å². The van der Waals surface area contributed by atoms with Crippen LogP contribution in [0.2, 0.25) is 0 Å². The monoisotopic (exact) mass is 330 g/mol. The number of hydrogen-bond acceptors (Lipinski definition) is 3. The number of nitrogens with one attached hydrogen (secondary N) is 2. The molecule has 0 bridgehead atoms. The van der Waals surface area contributed by atoms with Gasteiger partial charge in [0.05, 0.1) is 11.3 Å². The molecule has 1 aromatic carbocycles. The van der Waals surface area contributed by atoms with Crippen molar-refractivity contribution in [2.75, 3.05) is 6.54 Å². The maximum atomic E-state index is 11.8. The molecule has 0 spiro atoms. The van der Waals surface area contributed by atoms with Gasteiger partial charge in [0.1, 0.15) is 0 Å². The third-order valence-electron chi connectivity index (χ3n) is 3.97. The molecule has 2 amide bonds. The number of aromatic carboxylic acids is 1. The molecule has 3 N–H and O–H groups in total. The number of carbonyl (C=O) groups is 2. The van der Waals surface area contributed by atoms with Gasteiger partial charge in [-0.05, 0) is 43.5 Å². The number of rotatable bonds is 6. The Morgan fingerprint density at radius 1 is 1.17 bits per heavy atom. The van der Waals surface area contributed by atoms with Crippen LogP contribution in [0.25, 0.3) is 0 Å². The summed E-state index contributed by atoms with van der Waals surface area (Å²) in [7, 11) is 1.90. The third kappa shape index (κ3) is 4.34. The summed E-state index contributed by atoms with van der Waals surface area (Å²) < 4.78 is 1.84. The van der Waals surface area contributed by atoms with E-state index in [0.717, 1.165) is 28.9 Å². The molecule has 0 aliphatic rings. The van der Waals surface area contributed by atoms with Gasteiger partial charge in [-0.3, -0.25) is 4.68 Å². The average molecular weight is 330 g/mol. The van der Waals surface area contributed by atoms with Gasteiger partial charge in [0.25, 0.3) is 0 Å². The predicted octanol–water partition coefficient (Wildman–Crippen LogP) is 1.78. The van der Waals surface area contributed by atoms with E-state index in [4.69, 9.17) is 5.11 Å². The highest BCUT2D eigenvalue weighted by atomic mass is 16.4. The van der Waals surface area contributed by atoms with Gasteiger partial charge in [-0.2, -0.15) is 5.10 Å². The van der Waals surface area contributed by atoms with Crippen molar-refractivity contribution in [1.29, 1.82) is 0 Å². The van der Waals surface area contributed by atoms with Crippen LogP contribution in [-0.4, -0.2) is 33.4 Å². The number of carboxylic acid groups (broad SMARTS) is 1. The lowest BCUT2D eigenvalue weighted by molar-refractivity contribution is 0.0697. The number of urea groups is 1. The van der Waals surface area contributed by atoms with Crippen LogP contribution in [0, 0.1) is 13.8 Å². The molecule has 0 saturated carbocycles. The summed E-state index contributed by atoms with van der Waals surface area (Å²) in [6.45, 7) is 4.84. The van der Waals surface area contributed by atoms with E-state index in [1.54, 1.807) is 12.1 Å². The molecule has 7 nitrogen and oxygen atoms in total. The van der Waals surface area contributed by atoms with Crippen LogP contribution >= 0.6 is 0 Å². The summed E-state index contributed by atoms with van der Waals surface area (Å²) in [6, 6.07) is 6.16. The van der Waals surface area contributed by atoms with Gasteiger partial charge in [0.15, 0.2) is 0 Å². The number of carboxylic acids is 1. The average Bonchev–Trinajstić information content (AvgIpc) is 2.79. The van der Waals surface area contributed by atoms with Crippen LogP contribution in [0.15, 0.2) is 24.3 Å². The standard InChI is InChI=1S/C17H22N4O3/c1-11-15(12(2)21(3)20-11)8-9-18-17(24)19-10-13-4-6-14(7-5-13)16(22)23/h4-7H,8-10H2,1-3H3,(H,22,23)(H2,18,19,24). The second kappa shape index (κ2) is 7.63. The first-order valence-corrected chi connectivity index (χ1v) is 7.71. The Balaban J connectivity index is 1.76. The van der Waals surface area contributed by atoms with Crippen LogP contribution < -0.4 is 10.6 Å². The smallest absolute Gasteiger partial charge is 0.335 e. The van der Waals surface area contributed by atoms with E-state index in [1.807, 2.05) is 25.6 Å². The molecular weight excluding hydrogens is 308 g/mol. The normalized spacial score (nSPS) is 10.5. The van der Waals surface area contributed by atoms with Crippen molar-refractivity contribution in [1.82, 2.24) is 20.4 Å². The lowest BCUT2D eigenvalue weighted by Crippen LogP contribution is -2.36. The van der Waals surface area contributed by atoms with Gasteiger partial charge in [0.2, 0.25) is 0 Å². The Morgan fingerprint density at radius 3 is 2.38 bits per heavy atom. The zero-order valence-corrected chi connectivity index (χ0v) is 14.1. The van der Waals surface area contributed by atoms with Crippen LogP contribution in [0.5, 0.6) is 0 Å². The summed E-state index contributed by atoms with van der Waals surface area (Å²) >= 11 is 0. The highest BCUT2D eigenvalue weighted by Gasteiger charge is 2.09. The van der Waals surface area contributed by atoms with Crippen molar-refractivity contribution >= 4 is 12.0 Å². The molecule has 128 valence electrons. The van der Waals surface area contributed by atoms with Crippen molar-refractivity contribution in [3.05, 3.63) is 52.3 Å². The molecule has 2 aromatic rings. The van der Waals surface area contributed by atoms with Crippen molar-refractivity contribution in [2.24, 2.45) is 7.05 Å². The van der Waals surface area contributed by atoms with Gasteiger partial charge in [-0.25, -0.2) is 9.59 Å². The Hall–Kier alpha value is -2.83. The van der Waals surface area contributed by atoms with E-state index in [2.05, 4.69) is 15.7 Å². The van der Waals surface area contributed by atoms with E-state index in [1.165, 1.54) is 12.1 Å². The summed E-state index contributed by atoms with van der Waals surface area (Å²) in [5.74, 6) is -0.965. The SMILES string of the molecule is Cc1nn(C)c(C)c1CCNC(=O)NCc1ccc(C(=O)O)cc1.